The monoisotopic (exact) mass is 675 g/mol. The van der Waals surface area contributed by atoms with Crippen molar-refractivity contribution in [3.8, 4) is 22.6 Å². The smallest absolute Gasteiger partial charge is 0.261 e. The van der Waals surface area contributed by atoms with Crippen molar-refractivity contribution in [1.82, 2.24) is 29.8 Å². The van der Waals surface area contributed by atoms with Crippen LogP contribution in [0.5, 0.6) is 0 Å². The second-order valence-corrected chi connectivity index (χ2v) is 14.3. The van der Waals surface area contributed by atoms with Gasteiger partial charge in [-0.25, -0.2) is 26.3 Å². The highest BCUT2D eigenvalue weighted by Gasteiger charge is 2.38. The number of nitrogens with zero attached hydrogens (tertiary/aromatic N) is 3. The second kappa shape index (κ2) is 13.1. The predicted octanol–water partition coefficient (Wildman–Crippen LogP) is 6.49. The number of halogens is 3. The highest BCUT2D eigenvalue weighted by Crippen LogP contribution is 2.35. The molecule has 0 bridgehead atoms. The highest BCUT2D eigenvalue weighted by molar-refractivity contribution is 7.88. The Hall–Kier alpha value is -4.72. The number of nitrogens with two attached hydrogens (primary N) is 1. The first-order chi connectivity index (χ1) is 22.8. The Morgan fingerprint density at radius 2 is 1.85 bits per heavy atom. The number of alkyl halides is 2. The molecule has 2 aromatic carbocycles. The van der Waals surface area contributed by atoms with Crippen LogP contribution < -0.4 is 10.5 Å². The van der Waals surface area contributed by atoms with E-state index < -0.39 is 21.8 Å². The molecule has 1 aliphatic rings. The van der Waals surface area contributed by atoms with Crippen LogP contribution in [-0.4, -0.2) is 65.3 Å². The van der Waals surface area contributed by atoms with Crippen molar-refractivity contribution in [2.75, 3.05) is 25.9 Å². The number of pyridine rings is 1. The van der Waals surface area contributed by atoms with Crippen molar-refractivity contribution < 1.29 is 21.6 Å². The van der Waals surface area contributed by atoms with Gasteiger partial charge in [0.25, 0.3) is 5.92 Å². The van der Waals surface area contributed by atoms with Crippen LogP contribution in [-0.2, 0) is 16.6 Å². The second-order valence-electron chi connectivity index (χ2n) is 12.5. The molecule has 1 fully saturated rings. The molecule has 0 radical (unpaired) electrons. The molecular weight excluding hydrogens is 639 g/mol. The average molecular weight is 676 g/mol. The minimum atomic E-state index is -3.46. The molecule has 0 atom stereocenters. The third-order valence-corrected chi connectivity index (χ3v) is 8.79. The molecule has 48 heavy (non-hydrogen) atoms. The van der Waals surface area contributed by atoms with Crippen molar-refractivity contribution in [1.29, 1.82) is 0 Å². The fraction of sp³-hybridized carbons (Fsp3) is 0.257. The topological polar surface area (TPSA) is 133 Å². The van der Waals surface area contributed by atoms with E-state index in [1.54, 1.807) is 17.2 Å². The minimum Gasteiger partial charge on any atom is -0.404 e. The molecule has 1 aliphatic heterocycles. The summed E-state index contributed by atoms with van der Waals surface area (Å²) < 4.78 is 68.1. The molecule has 0 amide bonds. The maximum Gasteiger partial charge on any atom is 0.261 e. The van der Waals surface area contributed by atoms with E-state index in [1.165, 1.54) is 18.3 Å². The summed E-state index contributed by atoms with van der Waals surface area (Å²) >= 11 is 0. The van der Waals surface area contributed by atoms with E-state index in [4.69, 9.17) is 5.73 Å². The Morgan fingerprint density at radius 1 is 1.06 bits per heavy atom. The Bertz CT molecular complexity index is 2210. The number of likely N-dealkylation sites (tertiary alicyclic amines) is 1. The molecule has 0 aliphatic carbocycles. The third-order valence-electron chi connectivity index (χ3n) is 8.12. The molecule has 4 heterocycles. The fourth-order valence-electron chi connectivity index (χ4n) is 6.05. The minimum absolute atomic E-state index is 0.0575. The van der Waals surface area contributed by atoms with Crippen molar-refractivity contribution in [3.05, 3.63) is 101 Å². The average Bonchev–Trinajstić information content (AvgIpc) is 3.73. The molecule has 5 aromatic rings. The number of rotatable bonds is 10. The number of fused-ring (bicyclic) bond motifs is 2. The maximum atomic E-state index is 14.7. The fourth-order valence-corrected chi connectivity index (χ4v) is 6.47. The number of hydrogen-bond acceptors (Lipinski definition) is 6. The first-order valence-corrected chi connectivity index (χ1v) is 17.2. The summed E-state index contributed by atoms with van der Waals surface area (Å²) in [6.45, 7) is 4.31. The van der Waals surface area contributed by atoms with Crippen LogP contribution in [0, 0.1) is 5.82 Å². The summed E-state index contributed by atoms with van der Waals surface area (Å²) in [5.74, 6) is -3.19. The molecular formula is C35H36F3N7O2S. The van der Waals surface area contributed by atoms with E-state index in [-0.39, 0.29) is 19.5 Å². The van der Waals surface area contributed by atoms with E-state index in [0.717, 1.165) is 50.3 Å². The van der Waals surface area contributed by atoms with Gasteiger partial charge in [-0.1, -0.05) is 17.7 Å². The Balaban J connectivity index is 1.35. The first-order valence-electron chi connectivity index (χ1n) is 15.4. The summed E-state index contributed by atoms with van der Waals surface area (Å²) in [7, 11) is -3.46. The molecule has 6 rings (SSSR count). The van der Waals surface area contributed by atoms with Gasteiger partial charge in [0.1, 0.15) is 11.5 Å². The lowest BCUT2D eigenvalue weighted by Gasteiger charge is -2.17. The number of aromatic amines is 2. The van der Waals surface area contributed by atoms with E-state index in [0.29, 0.717) is 41.3 Å². The number of allylic oxidation sites excluding steroid dienone is 3. The van der Waals surface area contributed by atoms with Crippen LogP contribution in [0.15, 0.2) is 84.2 Å². The standard InChI is InChI=1S/C35H36F3N7O2S/c1-21(2)10-23(19-45-9-7-35(37,38)20-45)12-26(17-39)24-4-5-31-28(15-24)34(44-43-31)32-16-29-30(42-32)6-8-40-33(29)25-11-22(13-27(36)14-25)18-41-48(3,46)47/h4-6,8,10-17,41-42H,7,9,18-20,39H2,1-3H3,(H,43,44)/b23-12+,26-17+. The van der Waals surface area contributed by atoms with Crippen molar-refractivity contribution in [2.24, 2.45) is 5.73 Å². The van der Waals surface area contributed by atoms with Crippen LogP contribution >= 0.6 is 0 Å². The molecule has 1 saturated heterocycles. The lowest BCUT2D eigenvalue weighted by atomic mass is 10.00. The summed E-state index contributed by atoms with van der Waals surface area (Å²) in [5.41, 5.74) is 14.0. The van der Waals surface area contributed by atoms with Crippen LogP contribution in [0.1, 0.15) is 31.4 Å². The molecule has 9 nitrogen and oxygen atoms in total. The van der Waals surface area contributed by atoms with E-state index in [1.807, 2.05) is 56.3 Å². The van der Waals surface area contributed by atoms with Gasteiger partial charge < -0.3 is 10.7 Å². The van der Waals surface area contributed by atoms with E-state index in [2.05, 4.69) is 24.9 Å². The van der Waals surface area contributed by atoms with Crippen LogP contribution in [0.3, 0.4) is 0 Å². The van der Waals surface area contributed by atoms with Gasteiger partial charge in [0, 0.05) is 60.3 Å². The van der Waals surface area contributed by atoms with Gasteiger partial charge in [-0.05, 0) is 84.7 Å². The predicted molar refractivity (Wildman–Crippen MR) is 184 cm³/mol. The molecule has 5 N–H and O–H groups in total. The Morgan fingerprint density at radius 3 is 2.56 bits per heavy atom. The molecule has 3 aromatic heterocycles. The molecule has 0 spiro atoms. The Labute approximate surface area is 276 Å². The number of H-pyrrole nitrogens is 2. The van der Waals surface area contributed by atoms with Gasteiger partial charge in [0.15, 0.2) is 0 Å². The van der Waals surface area contributed by atoms with Crippen LogP contribution in [0.4, 0.5) is 13.2 Å². The summed E-state index contributed by atoms with van der Waals surface area (Å²) in [6.07, 6.45) is 7.96. The van der Waals surface area contributed by atoms with Gasteiger partial charge in [0.05, 0.1) is 29.7 Å². The number of hydrogen-bond donors (Lipinski definition) is 4. The number of aromatic nitrogens is 4. The third kappa shape index (κ3) is 7.53. The maximum absolute atomic E-state index is 14.7. The molecule has 0 unspecified atom stereocenters. The highest BCUT2D eigenvalue weighted by atomic mass is 32.2. The van der Waals surface area contributed by atoms with E-state index >= 15 is 0 Å². The summed E-state index contributed by atoms with van der Waals surface area (Å²) in [5, 5.41) is 9.23. The normalized spacial score (nSPS) is 15.9. The van der Waals surface area contributed by atoms with Gasteiger partial charge in [-0.15, -0.1) is 0 Å². The van der Waals surface area contributed by atoms with Crippen LogP contribution in [0.2, 0.25) is 0 Å². The lowest BCUT2D eigenvalue weighted by Crippen LogP contribution is -2.27. The van der Waals surface area contributed by atoms with Crippen molar-refractivity contribution in [2.45, 2.75) is 32.7 Å². The quantitative estimate of drug-likeness (QED) is 0.125. The molecule has 0 saturated carbocycles. The Kier molecular flexibility index (Phi) is 9.03. The molecule has 13 heteroatoms. The zero-order chi connectivity index (χ0) is 34.2. The van der Waals surface area contributed by atoms with Crippen molar-refractivity contribution >= 4 is 37.4 Å². The van der Waals surface area contributed by atoms with Gasteiger partial charge in [-0.2, -0.15) is 5.10 Å². The van der Waals surface area contributed by atoms with Crippen LogP contribution in [0.25, 0.3) is 50.0 Å². The number of benzene rings is 2. The van der Waals surface area contributed by atoms with Gasteiger partial charge >= 0.3 is 0 Å². The largest absolute Gasteiger partial charge is 0.404 e. The van der Waals surface area contributed by atoms with E-state index in [9.17, 15) is 21.6 Å². The zero-order valence-electron chi connectivity index (χ0n) is 26.7. The summed E-state index contributed by atoms with van der Waals surface area (Å²) in [4.78, 5) is 9.70. The lowest BCUT2D eigenvalue weighted by molar-refractivity contribution is 0.0131. The van der Waals surface area contributed by atoms with Crippen molar-refractivity contribution in [3.63, 3.8) is 0 Å². The first kappa shape index (κ1) is 33.2. The van der Waals surface area contributed by atoms with Gasteiger partial charge in [0.2, 0.25) is 10.0 Å². The number of sulfonamides is 1. The molecule has 250 valence electrons. The zero-order valence-corrected chi connectivity index (χ0v) is 27.6. The SMILES string of the molecule is CC(C)=C/C(=C\C(=C/N)c1ccc2[nH]nc(-c3cc4c(-c5cc(F)cc(CNS(C)(=O)=O)c5)nccc4[nH]3)c2c1)CN1CCC(F)(F)C1. The number of nitrogens with one attached hydrogen (secondary N) is 3. The summed E-state index contributed by atoms with van der Waals surface area (Å²) in [6, 6.07) is 13.9. The van der Waals surface area contributed by atoms with Gasteiger partial charge in [-0.3, -0.25) is 15.0 Å².